The quantitative estimate of drug-likeness (QED) is 0.774. The van der Waals surface area contributed by atoms with Crippen LogP contribution >= 0.6 is 0 Å². The number of nitrogens with zero attached hydrogens (tertiary/aromatic N) is 2. The molecule has 1 fully saturated rings. The Balaban J connectivity index is 1.69. The molecule has 0 bridgehead atoms. The van der Waals surface area contributed by atoms with E-state index in [0.29, 0.717) is 11.6 Å². The Hall–Kier alpha value is -2.70. The molecule has 3 rings (SSSR count). The molecular weight excluding hydrogens is 300 g/mol. The normalized spacial score (nSPS) is 20.2. The first-order chi connectivity index (χ1) is 11.0. The first-order valence-electron chi connectivity index (χ1n) is 7.50. The van der Waals surface area contributed by atoms with Crippen LogP contribution in [0.5, 0.6) is 0 Å². The Morgan fingerprint density at radius 2 is 1.78 bits per heavy atom. The Morgan fingerprint density at radius 3 is 2.35 bits per heavy atom. The number of hydrogen-bond acceptors (Lipinski definition) is 5. The second-order valence-corrected chi connectivity index (χ2v) is 5.60. The van der Waals surface area contributed by atoms with Gasteiger partial charge in [0.25, 0.3) is 11.8 Å². The minimum atomic E-state index is -0.730. The fraction of sp³-hybridized carbons (Fsp3) is 0.375. The summed E-state index contributed by atoms with van der Waals surface area (Å²) in [5.41, 5.74) is 0.417. The van der Waals surface area contributed by atoms with E-state index in [1.165, 1.54) is 12.1 Å². The highest BCUT2D eigenvalue weighted by Gasteiger charge is 2.42. The summed E-state index contributed by atoms with van der Waals surface area (Å²) < 4.78 is 0. The molecule has 7 nitrogen and oxygen atoms in total. The third-order valence-corrected chi connectivity index (χ3v) is 3.98. The first kappa shape index (κ1) is 15.2. The third kappa shape index (κ3) is 2.58. The molecule has 120 valence electrons. The topological polar surface area (TPSA) is 84.0 Å². The van der Waals surface area contributed by atoms with Crippen LogP contribution in [0, 0.1) is 5.92 Å². The van der Waals surface area contributed by atoms with E-state index < -0.39 is 23.7 Å². The number of imide groups is 1. The average Bonchev–Trinajstić information content (AvgIpc) is 3.02. The minimum Gasteiger partial charge on any atom is -0.342 e. The van der Waals surface area contributed by atoms with E-state index in [0.717, 1.165) is 6.42 Å². The van der Waals surface area contributed by atoms with Crippen LogP contribution in [0.25, 0.3) is 0 Å². The van der Waals surface area contributed by atoms with Gasteiger partial charge in [-0.15, -0.1) is 0 Å². The second kappa shape index (κ2) is 5.83. The highest BCUT2D eigenvalue weighted by molar-refractivity contribution is 6.20. The van der Waals surface area contributed by atoms with Crippen molar-refractivity contribution in [1.29, 1.82) is 0 Å². The predicted octanol–water partition coefficient (Wildman–Crippen LogP) is 0.999. The van der Waals surface area contributed by atoms with Gasteiger partial charge in [-0.2, -0.15) is 0 Å². The summed E-state index contributed by atoms with van der Waals surface area (Å²) in [6.07, 6.45) is 0.841. The number of rotatable bonds is 4. The van der Waals surface area contributed by atoms with Crippen LogP contribution in [0.2, 0.25) is 0 Å². The lowest BCUT2D eigenvalue weighted by Gasteiger charge is -2.17. The smallest absolute Gasteiger partial charge is 0.338 e. The molecule has 7 heteroatoms. The van der Waals surface area contributed by atoms with Gasteiger partial charge in [0.1, 0.15) is 0 Å². The van der Waals surface area contributed by atoms with Gasteiger partial charge in [-0.3, -0.25) is 14.4 Å². The van der Waals surface area contributed by atoms with E-state index in [1.54, 1.807) is 17.0 Å². The maximum absolute atomic E-state index is 12.2. The van der Waals surface area contributed by atoms with Crippen molar-refractivity contribution < 1.29 is 24.0 Å². The number of carbonyl (C=O) groups is 4. The molecule has 0 N–H and O–H groups in total. The van der Waals surface area contributed by atoms with Crippen LogP contribution in [0.3, 0.4) is 0 Å². The summed E-state index contributed by atoms with van der Waals surface area (Å²) in [5.74, 6) is -2.82. The van der Waals surface area contributed by atoms with Crippen molar-refractivity contribution in [3.63, 3.8) is 0 Å². The van der Waals surface area contributed by atoms with Crippen molar-refractivity contribution in [3.05, 3.63) is 35.4 Å². The van der Waals surface area contributed by atoms with E-state index >= 15 is 0 Å². The van der Waals surface area contributed by atoms with Gasteiger partial charge in [0, 0.05) is 19.5 Å². The largest absolute Gasteiger partial charge is 0.342 e. The number of benzene rings is 1. The molecule has 0 radical (unpaired) electrons. The number of amides is 3. The Morgan fingerprint density at radius 1 is 1.17 bits per heavy atom. The highest BCUT2D eigenvalue weighted by atomic mass is 16.7. The lowest BCUT2D eigenvalue weighted by atomic mass is 10.1. The molecule has 1 saturated heterocycles. The number of fused-ring (bicyclic) bond motifs is 1. The van der Waals surface area contributed by atoms with Crippen LogP contribution in [0.1, 0.15) is 40.5 Å². The van der Waals surface area contributed by atoms with Gasteiger partial charge in [-0.05, 0) is 18.6 Å². The number of carbonyl (C=O) groups excluding carboxylic acids is 4. The summed E-state index contributed by atoms with van der Waals surface area (Å²) in [6, 6.07) is 6.28. The van der Waals surface area contributed by atoms with Crippen molar-refractivity contribution >= 4 is 23.7 Å². The van der Waals surface area contributed by atoms with E-state index in [9.17, 15) is 19.2 Å². The molecule has 1 atom stereocenters. The SMILES string of the molecule is CCCN1CC(C(=O)ON2C(=O)c3ccccc3C2=O)CC1=O. The molecule has 3 amide bonds. The molecule has 0 saturated carbocycles. The summed E-state index contributed by atoms with van der Waals surface area (Å²) in [7, 11) is 0. The Bertz CT molecular complexity index is 664. The van der Waals surface area contributed by atoms with E-state index in [4.69, 9.17) is 4.84 Å². The zero-order valence-corrected chi connectivity index (χ0v) is 12.7. The second-order valence-electron chi connectivity index (χ2n) is 5.60. The number of hydrogen-bond donors (Lipinski definition) is 0. The fourth-order valence-corrected chi connectivity index (χ4v) is 2.83. The highest BCUT2D eigenvalue weighted by Crippen LogP contribution is 2.25. The molecule has 0 aromatic heterocycles. The van der Waals surface area contributed by atoms with Crippen LogP contribution in [0.4, 0.5) is 0 Å². The Labute approximate surface area is 132 Å². The standard InChI is InChI=1S/C16H16N2O5/c1-2-7-17-9-10(8-13(17)19)16(22)23-18-14(20)11-5-3-4-6-12(11)15(18)21/h3-6,10H,2,7-9H2,1H3. The van der Waals surface area contributed by atoms with Crippen LogP contribution < -0.4 is 0 Å². The molecule has 1 unspecified atom stereocenters. The molecule has 2 heterocycles. The maximum atomic E-state index is 12.2. The predicted molar refractivity (Wildman–Crippen MR) is 78.0 cm³/mol. The number of hydroxylamine groups is 2. The summed E-state index contributed by atoms with van der Waals surface area (Å²) >= 11 is 0. The van der Waals surface area contributed by atoms with Gasteiger partial charge < -0.3 is 9.74 Å². The van der Waals surface area contributed by atoms with Crippen molar-refractivity contribution in [3.8, 4) is 0 Å². The lowest BCUT2D eigenvalue weighted by molar-refractivity contribution is -0.173. The molecule has 0 aliphatic carbocycles. The van der Waals surface area contributed by atoms with Crippen LogP contribution in [-0.2, 0) is 14.4 Å². The molecule has 1 aromatic rings. The monoisotopic (exact) mass is 316 g/mol. The van der Waals surface area contributed by atoms with E-state index in [2.05, 4.69) is 0 Å². The van der Waals surface area contributed by atoms with Crippen molar-refractivity contribution in [2.45, 2.75) is 19.8 Å². The molecule has 2 aliphatic heterocycles. The zero-order valence-electron chi connectivity index (χ0n) is 12.7. The average molecular weight is 316 g/mol. The van der Waals surface area contributed by atoms with Gasteiger partial charge in [-0.25, -0.2) is 4.79 Å². The lowest BCUT2D eigenvalue weighted by Crippen LogP contribution is -2.36. The van der Waals surface area contributed by atoms with Gasteiger partial charge >= 0.3 is 5.97 Å². The van der Waals surface area contributed by atoms with E-state index in [-0.39, 0.29) is 30.0 Å². The van der Waals surface area contributed by atoms with Crippen molar-refractivity contribution in [1.82, 2.24) is 9.96 Å². The third-order valence-electron chi connectivity index (χ3n) is 3.98. The molecule has 1 aromatic carbocycles. The summed E-state index contributed by atoms with van der Waals surface area (Å²) in [5, 5.41) is 0.486. The van der Waals surface area contributed by atoms with Crippen molar-refractivity contribution in [2.24, 2.45) is 5.92 Å². The Kier molecular flexibility index (Phi) is 3.85. The molecule has 23 heavy (non-hydrogen) atoms. The number of likely N-dealkylation sites (tertiary alicyclic amines) is 1. The molecule has 2 aliphatic rings. The van der Waals surface area contributed by atoms with E-state index in [1.807, 2.05) is 6.92 Å². The molecular formula is C16H16N2O5. The van der Waals surface area contributed by atoms with Crippen molar-refractivity contribution in [2.75, 3.05) is 13.1 Å². The fourth-order valence-electron chi connectivity index (χ4n) is 2.83. The zero-order chi connectivity index (χ0) is 16.6. The van der Waals surface area contributed by atoms with Gasteiger partial charge in [-0.1, -0.05) is 24.1 Å². The van der Waals surface area contributed by atoms with Crippen LogP contribution in [-0.4, -0.2) is 46.7 Å². The minimum absolute atomic E-state index is 0.0437. The molecule has 0 spiro atoms. The van der Waals surface area contributed by atoms with Crippen LogP contribution in [0.15, 0.2) is 24.3 Å². The van der Waals surface area contributed by atoms with Gasteiger partial charge in [0.05, 0.1) is 17.0 Å². The first-order valence-corrected chi connectivity index (χ1v) is 7.50. The maximum Gasteiger partial charge on any atom is 0.338 e. The van der Waals surface area contributed by atoms with Gasteiger partial charge in [0.15, 0.2) is 0 Å². The summed E-state index contributed by atoms with van der Waals surface area (Å²) in [4.78, 5) is 54.8. The summed E-state index contributed by atoms with van der Waals surface area (Å²) in [6.45, 7) is 2.78. The van der Waals surface area contributed by atoms with Gasteiger partial charge in [0.2, 0.25) is 5.91 Å².